The predicted molar refractivity (Wildman–Crippen MR) is 92.5 cm³/mol. The Kier molecular flexibility index (Phi) is 4.97. The van der Waals surface area contributed by atoms with E-state index >= 15 is 0 Å². The lowest BCUT2D eigenvalue weighted by Gasteiger charge is -2.37. The number of benzene rings is 2. The molecule has 3 rings (SSSR count). The van der Waals surface area contributed by atoms with Gasteiger partial charge in [0, 0.05) is 13.1 Å². The topological polar surface area (TPSA) is 12.5 Å². The van der Waals surface area contributed by atoms with Gasteiger partial charge < -0.3 is 9.64 Å². The number of rotatable bonds is 4. The molecule has 1 aliphatic rings. The Labute approximate surface area is 137 Å². The van der Waals surface area contributed by atoms with Crippen LogP contribution in [0, 0.1) is 5.82 Å². The van der Waals surface area contributed by atoms with E-state index in [1.807, 2.05) is 44.2 Å². The van der Waals surface area contributed by atoms with Crippen molar-refractivity contribution in [1.29, 1.82) is 0 Å². The van der Waals surface area contributed by atoms with Crippen LogP contribution in [0.25, 0.3) is 0 Å². The molecular formula is C20H24FNO. The van der Waals surface area contributed by atoms with Gasteiger partial charge in [-0.3, -0.25) is 0 Å². The standard InChI is InChI=1S/C20H24FNO/c1-15-13-22(14-16(2)23-15)20-11-10-18(12-19(20)21)9-8-17-6-4-3-5-7-17/h3-7,10-12,15-16H,8-9,13-14H2,1-2H3/t15-,16+. The third kappa shape index (κ3) is 4.11. The molecule has 2 aromatic carbocycles. The van der Waals surface area contributed by atoms with Crippen LogP contribution in [0.2, 0.25) is 0 Å². The fourth-order valence-corrected chi connectivity index (χ4v) is 3.27. The van der Waals surface area contributed by atoms with Crippen LogP contribution in [0.15, 0.2) is 48.5 Å². The fraction of sp³-hybridized carbons (Fsp3) is 0.400. The van der Waals surface area contributed by atoms with E-state index in [-0.39, 0.29) is 18.0 Å². The van der Waals surface area contributed by atoms with Gasteiger partial charge >= 0.3 is 0 Å². The zero-order valence-corrected chi connectivity index (χ0v) is 13.8. The number of hydrogen-bond donors (Lipinski definition) is 0. The van der Waals surface area contributed by atoms with E-state index in [1.165, 1.54) is 5.56 Å². The second kappa shape index (κ2) is 7.14. The van der Waals surface area contributed by atoms with E-state index in [2.05, 4.69) is 17.0 Å². The first-order chi connectivity index (χ1) is 11.1. The Morgan fingerprint density at radius 3 is 2.26 bits per heavy atom. The van der Waals surface area contributed by atoms with Crippen LogP contribution in [0.3, 0.4) is 0 Å². The van der Waals surface area contributed by atoms with Gasteiger partial charge in [0.15, 0.2) is 0 Å². The van der Waals surface area contributed by atoms with Crippen molar-refractivity contribution >= 4 is 5.69 Å². The summed E-state index contributed by atoms with van der Waals surface area (Å²) in [5.74, 6) is -0.128. The molecule has 0 aromatic heterocycles. The molecule has 0 radical (unpaired) electrons. The van der Waals surface area contributed by atoms with E-state index in [4.69, 9.17) is 4.74 Å². The number of aryl methyl sites for hydroxylation is 2. The van der Waals surface area contributed by atoms with Gasteiger partial charge in [-0.05, 0) is 49.9 Å². The van der Waals surface area contributed by atoms with Crippen LogP contribution < -0.4 is 4.90 Å². The molecule has 1 heterocycles. The molecule has 0 bridgehead atoms. The van der Waals surface area contributed by atoms with Crippen LogP contribution in [-0.2, 0) is 17.6 Å². The fourth-order valence-electron chi connectivity index (χ4n) is 3.27. The van der Waals surface area contributed by atoms with Crippen molar-refractivity contribution in [3.05, 3.63) is 65.5 Å². The minimum atomic E-state index is -0.128. The molecule has 0 N–H and O–H groups in total. The number of ether oxygens (including phenoxy) is 1. The van der Waals surface area contributed by atoms with Gasteiger partial charge in [-0.1, -0.05) is 36.4 Å². The molecule has 1 fully saturated rings. The quantitative estimate of drug-likeness (QED) is 0.838. The lowest BCUT2D eigenvalue weighted by atomic mass is 10.0. The van der Waals surface area contributed by atoms with Crippen molar-refractivity contribution in [2.24, 2.45) is 0 Å². The maximum Gasteiger partial charge on any atom is 0.146 e. The molecule has 2 atom stereocenters. The Hall–Kier alpha value is -1.87. The van der Waals surface area contributed by atoms with Crippen LogP contribution in [0.5, 0.6) is 0 Å². The Morgan fingerprint density at radius 2 is 1.61 bits per heavy atom. The van der Waals surface area contributed by atoms with Gasteiger partial charge in [-0.15, -0.1) is 0 Å². The van der Waals surface area contributed by atoms with Crippen molar-refractivity contribution in [1.82, 2.24) is 0 Å². The molecule has 23 heavy (non-hydrogen) atoms. The molecule has 2 aromatic rings. The summed E-state index contributed by atoms with van der Waals surface area (Å²) in [6.07, 6.45) is 2.06. The normalized spacial score (nSPS) is 21.4. The van der Waals surface area contributed by atoms with Crippen LogP contribution in [0.4, 0.5) is 10.1 Å². The average molecular weight is 313 g/mol. The average Bonchev–Trinajstić information content (AvgIpc) is 2.53. The maximum absolute atomic E-state index is 14.5. The van der Waals surface area contributed by atoms with Crippen molar-refractivity contribution in [2.45, 2.75) is 38.9 Å². The second-order valence-electron chi connectivity index (χ2n) is 6.43. The highest BCUT2D eigenvalue weighted by Crippen LogP contribution is 2.25. The zero-order valence-electron chi connectivity index (χ0n) is 13.8. The molecule has 2 nitrogen and oxygen atoms in total. The van der Waals surface area contributed by atoms with E-state index in [0.717, 1.165) is 31.5 Å². The molecule has 1 aliphatic heterocycles. The van der Waals surface area contributed by atoms with Gasteiger partial charge in [-0.2, -0.15) is 0 Å². The summed E-state index contributed by atoms with van der Waals surface area (Å²) in [5, 5.41) is 0. The summed E-state index contributed by atoms with van der Waals surface area (Å²) in [6.45, 7) is 5.55. The van der Waals surface area contributed by atoms with Crippen molar-refractivity contribution in [2.75, 3.05) is 18.0 Å². The molecule has 0 spiro atoms. The van der Waals surface area contributed by atoms with Gasteiger partial charge in [0.2, 0.25) is 0 Å². The predicted octanol–water partition coefficient (Wildman–Crippen LogP) is 4.22. The first-order valence-electron chi connectivity index (χ1n) is 8.34. The molecule has 0 aliphatic carbocycles. The van der Waals surface area contributed by atoms with E-state index < -0.39 is 0 Å². The van der Waals surface area contributed by atoms with Gasteiger partial charge in [0.1, 0.15) is 5.82 Å². The lowest BCUT2D eigenvalue weighted by molar-refractivity contribution is -0.00539. The summed E-state index contributed by atoms with van der Waals surface area (Å²) < 4.78 is 20.3. The van der Waals surface area contributed by atoms with Crippen LogP contribution in [-0.4, -0.2) is 25.3 Å². The number of anilines is 1. The Bertz CT molecular complexity index is 633. The van der Waals surface area contributed by atoms with Crippen molar-refractivity contribution < 1.29 is 9.13 Å². The first-order valence-corrected chi connectivity index (χ1v) is 8.34. The molecule has 3 heteroatoms. The number of hydrogen-bond acceptors (Lipinski definition) is 2. The smallest absolute Gasteiger partial charge is 0.146 e. The minimum absolute atomic E-state index is 0.128. The third-order valence-electron chi connectivity index (χ3n) is 4.32. The number of morpholine rings is 1. The monoisotopic (exact) mass is 313 g/mol. The Morgan fingerprint density at radius 1 is 0.957 bits per heavy atom. The molecule has 0 amide bonds. The first kappa shape index (κ1) is 16.0. The van der Waals surface area contributed by atoms with Crippen molar-refractivity contribution in [3.63, 3.8) is 0 Å². The minimum Gasteiger partial charge on any atom is -0.372 e. The highest BCUT2D eigenvalue weighted by molar-refractivity contribution is 5.50. The summed E-state index contributed by atoms with van der Waals surface area (Å²) >= 11 is 0. The van der Waals surface area contributed by atoms with Crippen molar-refractivity contribution in [3.8, 4) is 0 Å². The lowest BCUT2D eigenvalue weighted by Crippen LogP contribution is -2.45. The van der Waals surface area contributed by atoms with Gasteiger partial charge in [0.05, 0.1) is 17.9 Å². The summed E-state index contributed by atoms with van der Waals surface area (Å²) in [4.78, 5) is 2.09. The van der Waals surface area contributed by atoms with Crippen LogP contribution in [0.1, 0.15) is 25.0 Å². The highest BCUT2D eigenvalue weighted by atomic mass is 19.1. The molecule has 122 valence electrons. The summed E-state index contributed by atoms with van der Waals surface area (Å²) in [5.41, 5.74) is 3.02. The van der Waals surface area contributed by atoms with E-state index in [0.29, 0.717) is 5.69 Å². The SMILES string of the molecule is C[C@@H]1CN(c2ccc(CCc3ccccc3)cc2F)C[C@H](C)O1. The largest absolute Gasteiger partial charge is 0.372 e. The molecule has 0 unspecified atom stereocenters. The van der Waals surface area contributed by atoms with Gasteiger partial charge in [0.25, 0.3) is 0 Å². The Balaban J connectivity index is 1.68. The third-order valence-corrected chi connectivity index (χ3v) is 4.32. The van der Waals surface area contributed by atoms with Gasteiger partial charge in [-0.25, -0.2) is 4.39 Å². The number of nitrogens with zero attached hydrogens (tertiary/aromatic N) is 1. The molecule has 0 saturated carbocycles. The van der Waals surface area contributed by atoms with E-state index in [1.54, 1.807) is 6.07 Å². The second-order valence-corrected chi connectivity index (χ2v) is 6.43. The maximum atomic E-state index is 14.5. The zero-order chi connectivity index (χ0) is 16.2. The van der Waals surface area contributed by atoms with E-state index in [9.17, 15) is 4.39 Å². The summed E-state index contributed by atoms with van der Waals surface area (Å²) in [7, 11) is 0. The number of halogens is 1. The highest BCUT2D eigenvalue weighted by Gasteiger charge is 2.24. The molecule has 1 saturated heterocycles. The molecular weight excluding hydrogens is 289 g/mol. The van der Waals surface area contributed by atoms with Crippen LogP contribution >= 0.6 is 0 Å². The summed E-state index contributed by atoms with van der Waals surface area (Å²) in [6, 6.07) is 16.0.